The van der Waals surface area contributed by atoms with Gasteiger partial charge in [0.25, 0.3) is 0 Å². The van der Waals surface area contributed by atoms with E-state index in [1.54, 1.807) is 0 Å². The molecule has 2 rings (SSSR count). The SMILES string of the molecule is O=C(COCC(F)(F)F)N1Cc2ccccc2C1. The zero-order chi connectivity index (χ0) is 13.2. The predicted molar refractivity (Wildman–Crippen MR) is 57.6 cm³/mol. The van der Waals surface area contributed by atoms with Gasteiger partial charge in [-0.15, -0.1) is 0 Å². The number of rotatable bonds is 3. The first-order chi connectivity index (χ1) is 8.46. The molecule has 1 aliphatic heterocycles. The van der Waals surface area contributed by atoms with Crippen molar-refractivity contribution in [1.82, 2.24) is 4.90 Å². The first-order valence-corrected chi connectivity index (χ1v) is 5.45. The van der Waals surface area contributed by atoms with E-state index in [4.69, 9.17) is 0 Å². The van der Waals surface area contributed by atoms with E-state index in [1.165, 1.54) is 4.90 Å². The van der Waals surface area contributed by atoms with E-state index in [0.717, 1.165) is 11.1 Å². The highest BCUT2D eigenvalue weighted by Gasteiger charge is 2.29. The monoisotopic (exact) mass is 259 g/mol. The van der Waals surface area contributed by atoms with Crippen LogP contribution in [0.3, 0.4) is 0 Å². The van der Waals surface area contributed by atoms with Crippen LogP contribution in [0.1, 0.15) is 11.1 Å². The van der Waals surface area contributed by atoms with Crippen molar-refractivity contribution in [3.63, 3.8) is 0 Å². The fourth-order valence-corrected chi connectivity index (χ4v) is 1.85. The summed E-state index contributed by atoms with van der Waals surface area (Å²) in [5.74, 6) is -0.421. The van der Waals surface area contributed by atoms with E-state index in [0.29, 0.717) is 13.1 Å². The third-order valence-electron chi connectivity index (χ3n) is 2.68. The molecule has 0 saturated heterocycles. The van der Waals surface area contributed by atoms with Gasteiger partial charge >= 0.3 is 6.18 Å². The van der Waals surface area contributed by atoms with Crippen LogP contribution in [0, 0.1) is 0 Å². The first kappa shape index (κ1) is 12.9. The number of halogens is 3. The van der Waals surface area contributed by atoms with Gasteiger partial charge in [0.05, 0.1) is 0 Å². The molecule has 0 aromatic heterocycles. The average Bonchev–Trinajstić information content (AvgIpc) is 2.70. The first-order valence-electron chi connectivity index (χ1n) is 5.45. The molecule has 1 aliphatic rings. The highest BCUT2D eigenvalue weighted by atomic mass is 19.4. The number of amides is 1. The minimum atomic E-state index is -4.39. The van der Waals surface area contributed by atoms with Crippen molar-refractivity contribution in [2.75, 3.05) is 13.2 Å². The van der Waals surface area contributed by atoms with Crippen molar-refractivity contribution >= 4 is 5.91 Å². The van der Waals surface area contributed by atoms with Gasteiger partial charge in [-0.3, -0.25) is 4.79 Å². The van der Waals surface area contributed by atoms with Gasteiger partial charge < -0.3 is 9.64 Å². The Morgan fingerprint density at radius 2 is 1.78 bits per heavy atom. The normalized spacial score (nSPS) is 14.7. The van der Waals surface area contributed by atoms with Crippen molar-refractivity contribution in [2.24, 2.45) is 0 Å². The summed E-state index contributed by atoms with van der Waals surface area (Å²) < 4.78 is 39.9. The van der Waals surface area contributed by atoms with E-state index in [-0.39, 0.29) is 0 Å². The topological polar surface area (TPSA) is 29.5 Å². The lowest BCUT2D eigenvalue weighted by Gasteiger charge is -2.15. The molecule has 1 amide bonds. The number of hydrogen-bond donors (Lipinski definition) is 0. The van der Waals surface area contributed by atoms with Crippen molar-refractivity contribution in [1.29, 1.82) is 0 Å². The second-order valence-electron chi connectivity index (χ2n) is 4.13. The molecule has 1 heterocycles. The molecule has 0 fully saturated rings. The average molecular weight is 259 g/mol. The number of benzene rings is 1. The standard InChI is InChI=1S/C12H12F3NO2/c13-12(14,15)8-18-7-11(17)16-5-9-3-1-2-4-10(9)6-16/h1-4H,5-8H2. The van der Waals surface area contributed by atoms with Crippen LogP contribution in [0.2, 0.25) is 0 Å². The van der Waals surface area contributed by atoms with Crippen LogP contribution in [0.4, 0.5) is 13.2 Å². The number of nitrogens with zero attached hydrogens (tertiary/aromatic N) is 1. The fourth-order valence-electron chi connectivity index (χ4n) is 1.85. The van der Waals surface area contributed by atoms with Crippen LogP contribution in [-0.2, 0) is 22.6 Å². The quantitative estimate of drug-likeness (QED) is 0.832. The summed E-state index contributed by atoms with van der Waals surface area (Å²) in [7, 11) is 0. The number of hydrogen-bond acceptors (Lipinski definition) is 2. The summed E-state index contributed by atoms with van der Waals surface area (Å²) in [6.45, 7) is -1.05. The molecule has 3 nitrogen and oxygen atoms in total. The van der Waals surface area contributed by atoms with Gasteiger partial charge in [0, 0.05) is 13.1 Å². The maximum absolute atomic E-state index is 11.8. The van der Waals surface area contributed by atoms with Crippen LogP contribution in [0.5, 0.6) is 0 Å². The maximum Gasteiger partial charge on any atom is 0.411 e. The summed E-state index contributed by atoms with van der Waals surface area (Å²) in [5.41, 5.74) is 2.06. The van der Waals surface area contributed by atoms with Gasteiger partial charge in [-0.2, -0.15) is 13.2 Å². The highest BCUT2D eigenvalue weighted by Crippen LogP contribution is 2.22. The molecule has 0 spiro atoms. The molecule has 0 atom stereocenters. The molecule has 0 aliphatic carbocycles. The Hall–Kier alpha value is -1.56. The van der Waals surface area contributed by atoms with E-state index in [2.05, 4.69) is 4.74 Å². The minimum absolute atomic E-state index is 0.421. The van der Waals surface area contributed by atoms with E-state index in [9.17, 15) is 18.0 Å². The maximum atomic E-state index is 11.8. The smallest absolute Gasteiger partial charge is 0.362 e. The van der Waals surface area contributed by atoms with Crippen molar-refractivity contribution in [3.8, 4) is 0 Å². The molecule has 1 aromatic carbocycles. The summed E-state index contributed by atoms with van der Waals surface area (Å²) in [4.78, 5) is 13.1. The van der Waals surface area contributed by atoms with Crippen LogP contribution in [-0.4, -0.2) is 30.2 Å². The third kappa shape index (κ3) is 3.22. The van der Waals surface area contributed by atoms with Crippen molar-refractivity contribution in [3.05, 3.63) is 35.4 Å². The Balaban J connectivity index is 1.83. The number of carbonyl (C=O) groups excluding carboxylic acids is 1. The lowest BCUT2D eigenvalue weighted by atomic mass is 10.1. The predicted octanol–water partition coefficient (Wildman–Crippen LogP) is 2.11. The van der Waals surface area contributed by atoms with Crippen LogP contribution in [0.15, 0.2) is 24.3 Å². The molecule has 18 heavy (non-hydrogen) atoms. The highest BCUT2D eigenvalue weighted by molar-refractivity contribution is 5.78. The molecule has 98 valence electrons. The zero-order valence-electron chi connectivity index (χ0n) is 9.54. The summed E-state index contributed by atoms with van der Waals surface area (Å²) >= 11 is 0. The summed E-state index contributed by atoms with van der Waals surface area (Å²) in [5, 5.41) is 0. The van der Waals surface area contributed by atoms with Crippen molar-refractivity contribution < 1.29 is 22.7 Å². The number of carbonyl (C=O) groups is 1. The van der Waals surface area contributed by atoms with Gasteiger partial charge in [0.2, 0.25) is 5.91 Å². The van der Waals surface area contributed by atoms with E-state index < -0.39 is 25.3 Å². The molecule has 0 N–H and O–H groups in total. The molecule has 0 unspecified atom stereocenters. The van der Waals surface area contributed by atoms with E-state index >= 15 is 0 Å². The number of ether oxygens (including phenoxy) is 1. The Morgan fingerprint density at radius 1 is 1.22 bits per heavy atom. The molecule has 0 saturated carbocycles. The van der Waals surface area contributed by atoms with E-state index in [1.807, 2.05) is 24.3 Å². The van der Waals surface area contributed by atoms with Crippen LogP contribution in [0.25, 0.3) is 0 Å². The minimum Gasteiger partial charge on any atom is -0.362 e. The molecule has 6 heteroatoms. The summed E-state index contributed by atoms with van der Waals surface area (Å²) in [6.07, 6.45) is -4.39. The van der Waals surface area contributed by atoms with Gasteiger partial charge in [0.15, 0.2) is 0 Å². The zero-order valence-corrected chi connectivity index (χ0v) is 9.54. The van der Waals surface area contributed by atoms with Crippen LogP contribution < -0.4 is 0 Å². The molecular formula is C12H12F3NO2. The molecule has 0 radical (unpaired) electrons. The fraction of sp³-hybridized carbons (Fsp3) is 0.417. The van der Waals surface area contributed by atoms with Crippen LogP contribution >= 0.6 is 0 Å². The largest absolute Gasteiger partial charge is 0.411 e. The molecule has 0 bridgehead atoms. The Bertz CT molecular complexity index is 420. The number of fused-ring (bicyclic) bond motifs is 1. The third-order valence-corrected chi connectivity index (χ3v) is 2.68. The Morgan fingerprint density at radius 3 is 2.28 bits per heavy atom. The van der Waals surface area contributed by atoms with Gasteiger partial charge in [-0.1, -0.05) is 24.3 Å². The lowest BCUT2D eigenvalue weighted by molar-refractivity contribution is -0.178. The number of alkyl halides is 3. The Labute approximate surface area is 102 Å². The second kappa shape index (κ2) is 4.97. The molecule has 1 aromatic rings. The molecular weight excluding hydrogens is 247 g/mol. The van der Waals surface area contributed by atoms with Gasteiger partial charge in [0.1, 0.15) is 13.2 Å². The Kier molecular flexibility index (Phi) is 3.56. The lowest BCUT2D eigenvalue weighted by Crippen LogP contribution is -2.31. The van der Waals surface area contributed by atoms with Crippen molar-refractivity contribution in [2.45, 2.75) is 19.3 Å². The van der Waals surface area contributed by atoms with Gasteiger partial charge in [-0.05, 0) is 11.1 Å². The summed E-state index contributed by atoms with van der Waals surface area (Å²) in [6, 6.07) is 7.54. The van der Waals surface area contributed by atoms with Gasteiger partial charge in [-0.25, -0.2) is 0 Å². The second-order valence-corrected chi connectivity index (χ2v) is 4.13.